The molecule has 0 atom stereocenters. The van der Waals surface area contributed by atoms with Gasteiger partial charge in [0.05, 0.1) is 11.9 Å². The Morgan fingerprint density at radius 1 is 1.29 bits per heavy atom. The lowest BCUT2D eigenvalue weighted by Gasteiger charge is -2.15. The van der Waals surface area contributed by atoms with Gasteiger partial charge in [-0.2, -0.15) is 0 Å². The van der Waals surface area contributed by atoms with Crippen molar-refractivity contribution in [3.63, 3.8) is 0 Å². The molecule has 0 aromatic carbocycles. The maximum atomic E-state index is 5.42. The molecule has 0 bridgehead atoms. The fourth-order valence-electron chi connectivity index (χ4n) is 2.07. The molecular weight excluding hydrogens is 210 g/mol. The van der Waals surface area contributed by atoms with Crippen molar-refractivity contribution in [2.75, 3.05) is 0 Å². The normalized spacial score (nSPS) is 13.7. The maximum Gasteiger partial charge on any atom is 0.133 e. The van der Waals surface area contributed by atoms with Crippen molar-refractivity contribution in [1.82, 2.24) is 14.5 Å². The average molecular weight is 221 g/mol. The minimum Gasteiger partial charge on any atom is -0.318 e. The maximum absolute atomic E-state index is 5.42. The molecule has 0 saturated heterocycles. The smallest absolute Gasteiger partial charge is 0.133 e. The van der Waals surface area contributed by atoms with E-state index in [1.165, 1.54) is 5.57 Å². The van der Waals surface area contributed by atoms with E-state index < -0.39 is 0 Å². The van der Waals surface area contributed by atoms with Crippen LogP contribution >= 0.6 is 0 Å². The molecule has 3 rings (SSSR count). The molecule has 1 aliphatic rings. The Hall–Kier alpha value is -2.34. The summed E-state index contributed by atoms with van der Waals surface area (Å²) >= 11 is 0. The van der Waals surface area contributed by atoms with E-state index in [0.29, 0.717) is 0 Å². The highest BCUT2D eigenvalue weighted by Crippen LogP contribution is 2.25. The first-order valence-corrected chi connectivity index (χ1v) is 5.52. The fraction of sp³-hybridized carbons (Fsp3) is 0.143. The fourth-order valence-corrected chi connectivity index (χ4v) is 2.07. The lowest BCUT2D eigenvalue weighted by molar-refractivity contribution is 0.690. The molecule has 0 N–H and O–H groups in total. The first-order chi connectivity index (χ1) is 8.38. The van der Waals surface area contributed by atoms with E-state index in [-0.39, 0.29) is 0 Å². The number of pyridine rings is 1. The second-order valence-corrected chi connectivity index (χ2v) is 3.93. The van der Waals surface area contributed by atoms with Crippen LogP contribution in [0.2, 0.25) is 0 Å². The third-order valence-corrected chi connectivity index (χ3v) is 2.94. The first kappa shape index (κ1) is 9.86. The van der Waals surface area contributed by atoms with E-state index in [1.54, 1.807) is 6.20 Å². The Morgan fingerprint density at radius 3 is 3.00 bits per heavy atom. The third kappa shape index (κ3) is 1.64. The molecule has 17 heavy (non-hydrogen) atoms. The molecule has 0 saturated carbocycles. The quantitative estimate of drug-likeness (QED) is 0.691. The number of fused-ring (bicyclic) bond motifs is 1. The number of rotatable bonds is 1. The Morgan fingerprint density at radius 2 is 2.24 bits per heavy atom. The summed E-state index contributed by atoms with van der Waals surface area (Å²) in [6, 6.07) is 5.94. The summed E-state index contributed by atoms with van der Waals surface area (Å²) in [5.41, 5.74) is 3.08. The number of nitrogens with zero attached hydrogens (tertiary/aromatic N) is 3. The first-order valence-electron chi connectivity index (χ1n) is 5.52. The van der Waals surface area contributed by atoms with Crippen LogP contribution in [0.5, 0.6) is 0 Å². The Labute approximate surface area is 99.8 Å². The lowest BCUT2D eigenvalue weighted by atomic mass is 10.1. The lowest BCUT2D eigenvalue weighted by Crippen LogP contribution is -2.09. The van der Waals surface area contributed by atoms with Gasteiger partial charge in [-0.15, -0.1) is 6.42 Å². The zero-order valence-corrected chi connectivity index (χ0v) is 9.30. The number of hydrogen-bond donors (Lipinski definition) is 0. The second-order valence-electron chi connectivity index (χ2n) is 3.93. The predicted molar refractivity (Wildman–Crippen MR) is 66.9 cm³/mol. The van der Waals surface area contributed by atoms with E-state index in [4.69, 9.17) is 6.42 Å². The van der Waals surface area contributed by atoms with Gasteiger partial charge in [-0.25, -0.2) is 4.98 Å². The number of terminal acetylenes is 1. The largest absolute Gasteiger partial charge is 0.318 e. The van der Waals surface area contributed by atoms with Crippen molar-refractivity contribution in [3.05, 3.63) is 47.8 Å². The van der Waals surface area contributed by atoms with Gasteiger partial charge in [-0.05, 0) is 30.2 Å². The molecule has 2 aromatic rings. The van der Waals surface area contributed by atoms with Crippen LogP contribution < -0.4 is 0 Å². The van der Waals surface area contributed by atoms with Crippen molar-refractivity contribution >= 4 is 11.6 Å². The molecule has 3 nitrogen and oxygen atoms in total. The van der Waals surface area contributed by atoms with Crippen LogP contribution in [0.1, 0.15) is 23.6 Å². The van der Waals surface area contributed by atoms with Gasteiger partial charge in [-0.1, -0.05) is 12.0 Å². The van der Waals surface area contributed by atoms with Crippen molar-refractivity contribution in [2.24, 2.45) is 0 Å². The molecule has 0 spiro atoms. The predicted octanol–water partition coefficient (Wildman–Crippen LogP) is 2.20. The average Bonchev–Trinajstić information content (AvgIpc) is 2.81. The standard InChI is InChI=1S/C14H11N3/c1-2-12-10-16-14-9-11(6-8-17(12)14)13-5-3-4-7-15-13/h1,3-5,7,9-10H,6,8H2. The topological polar surface area (TPSA) is 30.7 Å². The minimum absolute atomic E-state index is 0.844. The number of aromatic nitrogens is 3. The van der Waals surface area contributed by atoms with Crippen LogP contribution in [0.25, 0.3) is 11.6 Å². The minimum atomic E-state index is 0.844. The SMILES string of the molecule is C#Cc1cnc2n1CCC(c1ccccn1)=C2. The molecule has 0 aliphatic carbocycles. The van der Waals surface area contributed by atoms with Crippen molar-refractivity contribution in [3.8, 4) is 12.3 Å². The van der Waals surface area contributed by atoms with Gasteiger partial charge in [0.15, 0.2) is 0 Å². The van der Waals surface area contributed by atoms with E-state index in [2.05, 4.69) is 26.5 Å². The van der Waals surface area contributed by atoms with Crippen LogP contribution in [0.15, 0.2) is 30.6 Å². The summed E-state index contributed by atoms with van der Waals surface area (Å²) in [6.45, 7) is 0.872. The van der Waals surface area contributed by atoms with Gasteiger partial charge < -0.3 is 4.57 Å². The van der Waals surface area contributed by atoms with Gasteiger partial charge >= 0.3 is 0 Å². The van der Waals surface area contributed by atoms with Crippen molar-refractivity contribution in [1.29, 1.82) is 0 Å². The molecule has 0 radical (unpaired) electrons. The molecule has 1 aliphatic heterocycles. The molecule has 0 unspecified atom stereocenters. The van der Waals surface area contributed by atoms with E-state index >= 15 is 0 Å². The molecule has 3 heterocycles. The Balaban J connectivity index is 2.04. The molecular formula is C14H11N3. The number of imidazole rings is 1. The highest BCUT2D eigenvalue weighted by molar-refractivity contribution is 5.79. The van der Waals surface area contributed by atoms with Crippen LogP contribution in [-0.4, -0.2) is 14.5 Å². The molecule has 2 aromatic heterocycles. The number of hydrogen-bond acceptors (Lipinski definition) is 2. The Bertz CT molecular complexity index is 615. The van der Waals surface area contributed by atoms with Crippen LogP contribution in [-0.2, 0) is 6.54 Å². The highest BCUT2D eigenvalue weighted by atomic mass is 15.1. The van der Waals surface area contributed by atoms with Crippen molar-refractivity contribution in [2.45, 2.75) is 13.0 Å². The zero-order chi connectivity index (χ0) is 11.7. The number of allylic oxidation sites excluding steroid dienone is 1. The van der Waals surface area contributed by atoms with E-state index in [1.807, 2.05) is 24.4 Å². The van der Waals surface area contributed by atoms with Gasteiger partial charge in [0, 0.05) is 12.7 Å². The van der Waals surface area contributed by atoms with E-state index in [9.17, 15) is 0 Å². The van der Waals surface area contributed by atoms with Crippen LogP contribution in [0.3, 0.4) is 0 Å². The van der Waals surface area contributed by atoms with Crippen molar-refractivity contribution < 1.29 is 0 Å². The summed E-state index contributed by atoms with van der Waals surface area (Å²) in [5.74, 6) is 3.57. The molecule has 82 valence electrons. The summed E-state index contributed by atoms with van der Waals surface area (Å²) in [4.78, 5) is 8.68. The Kier molecular flexibility index (Phi) is 2.27. The third-order valence-electron chi connectivity index (χ3n) is 2.94. The molecule has 0 fully saturated rings. The monoisotopic (exact) mass is 221 g/mol. The van der Waals surface area contributed by atoms with Gasteiger partial charge in [-0.3, -0.25) is 4.98 Å². The van der Waals surface area contributed by atoms with Crippen LogP contribution in [0.4, 0.5) is 0 Å². The van der Waals surface area contributed by atoms with Crippen LogP contribution in [0, 0.1) is 12.3 Å². The highest BCUT2D eigenvalue weighted by Gasteiger charge is 2.15. The van der Waals surface area contributed by atoms with Gasteiger partial charge in [0.1, 0.15) is 11.5 Å². The summed E-state index contributed by atoms with van der Waals surface area (Å²) in [5, 5.41) is 0. The van der Waals surface area contributed by atoms with Gasteiger partial charge in [0.25, 0.3) is 0 Å². The zero-order valence-electron chi connectivity index (χ0n) is 9.30. The summed E-state index contributed by atoms with van der Waals surface area (Å²) in [6.07, 6.45) is 12.0. The summed E-state index contributed by atoms with van der Waals surface area (Å²) < 4.78 is 2.06. The second kappa shape index (κ2) is 3.91. The molecule has 3 heteroatoms. The molecule has 0 amide bonds. The van der Waals surface area contributed by atoms with E-state index in [0.717, 1.165) is 30.2 Å². The summed E-state index contributed by atoms with van der Waals surface area (Å²) in [7, 11) is 0. The van der Waals surface area contributed by atoms with Gasteiger partial charge in [0.2, 0.25) is 0 Å².